The number of fused-ring (bicyclic) bond motifs is 1. The van der Waals surface area contributed by atoms with Crippen molar-refractivity contribution >= 4 is 11.6 Å². The van der Waals surface area contributed by atoms with Crippen LogP contribution in [0.15, 0.2) is 48.7 Å². The number of aliphatic hydroxyl groups excluding tert-OH is 1. The summed E-state index contributed by atoms with van der Waals surface area (Å²) in [7, 11) is 1.84. The molecule has 158 valence electrons. The van der Waals surface area contributed by atoms with Crippen LogP contribution >= 0.6 is 0 Å². The minimum atomic E-state index is -0.299. The lowest BCUT2D eigenvalue weighted by Crippen LogP contribution is -2.38. The van der Waals surface area contributed by atoms with E-state index in [0.717, 1.165) is 42.7 Å². The monoisotopic (exact) mass is 406 g/mol. The van der Waals surface area contributed by atoms with Crippen molar-refractivity contribution in [1.82, 2.24) is 19.2 Å². The topological polar surface area (TPSA) is 61.1 Å². The van der Waals surface area contributed by atoms with Gasteiger partial charge in [-0.1, -0.05) is 36.4 Å². The lowest BCUT2D eigenvalue weighted by atomic mass is 10.1. The van der Waals surface area contributed by atoms with Crippen molar-refractivity contribution in [2.24, 2.45) is 0 Å². The molecule has 3 aromatic rings. The van der Waals surface area contributed by atoms with E-state index in [4.69, 9.17) is 4.98 Å². The SMILES string of the molecule is Cc1cccn2c(CN3CCCC(O)C3)c(C(=O)N(C)CCc3ccccc3)nc12. The molecule has 30 heavy (non-hydrogen) atoms. The number of piperidine rings is 1. The number of likely N-dealkylation sites (N-methyl/N-ethyl adjacent to an activating group) is 1. The number of carbonyl (C=O) groups is 1. The number of pyridine rings is 1. The number of rotatable bonds is 6. The Hall–Kier alpha value is -2.70. The summed E-state index contributed by atoms with van der Waals surface area (Å²) in [5, 5.41) is 10.1. The number of likely N-dealkylation sites (tertiary alicyclic amines) is 1. The van der Waals surface area contributed by atoms with E-state index in [1.54, 1.807) is 4.90 Å². The molecule has 1 aliphatic rings. The van der Waals surface area contributed by atoms with E-state index in [9.17, 15) is 9.90 Å². The highest BCUT2D eigenvalue weighted by molar-refractivity contribution is 5.94. The molecule has 1 unspecified atom stereocenters. The maximum absolute atomic E-state index is 13.4. The average Bonchev–Trinajstić information content (AvgIpc) is 3.12. The number of benzene rings is 1. The lowest BCUT2D eigenvalue weighted by Gasteiger charge is -2.30. The van der Waals surface area contributed by atoms with E-state index in [2.05, 4.69) is 17.0 Å². The van der Waals surface area contributed by atoms with Crippen molar-refractivity contribution < 1.29 is 9.90 Å². The van der Waals surface area contributed by atoms with E-state index < -0.39 is 0 Å². The van der Waals surface area contributed by atoms with Crippen LogP contribution in [0.5, 0.6) is 0 Å². The maximum atomic E-state index is 13.4. The zero-order chi connectivity index (χ0) is 21.1. The van der Waals surface area contributed by atoms with Gasteiger partial charge in [0.25, 0.3) is 5.91 Å². The Morgan fingerprint density at radius 1 is 1.23 bits per heavy atom. The molecule has 1 aliphatic heterocycles. The van der Waals surface area contributed by atoms with Gasteiger partial charge in [0, 0.05) is 32.9 Å². The van der Waals surface area contributed by atoms with Gasteiger partial charge in [0.1, 0.15) is 5.65 Å². The molecule has 6 nitrogen and oxygen atoms in total. The summed E-state index contributed by atoms with van der Waals surface area (Å²) in [6.45, 7) is 4.82. The molecular weight excluding hydrogens is 376 g/mol. The van der Waals surface area contributed by atoms with Crippen LogP contribution in [0.25, 0.3) is 5.65 Å². The molecule has 2 aromatic heterocycles. The van der Waals surface area contributed by atoms with Gasteiger partial charge in [0.2, 0.25) is 0 Å². The molecular formula is C24H30N4O2. The van der Waals surface area contributed by atoms with Crippen molar-refractivity contribution in [2.75, 3.05) is 26.7 Å². The number of nitrogens with zero attached hydrogens (tertiary/aromatic N) is 4. The zero-order valence-electron chi connectivity index (χ0n) is 17.8. The highest BCUT2D eigenvalue weighted by atomic mass is 16.3. The molecule has 6 heteroatoms. The molecule has 1 saturated heterocycles. The van der Waals surface area contributed by atoms with Crippen LogP contribution in [0.3, 0.4) is 0 Å². The lowest BCUT2D eigenvalue weighted by molar-refractivity contribution is 0.0654. The van der Waals surface area contributed by atoms with E-state index in [-0.39, 0.29) is 12.0 Å². The molecule has 4 rings (SSSR count). The van der Waals surface area contributed by atoms with Gasteiger partial charge < -0.3 is 14.4 Å². The number of β-amino-alcohol motifs (C(OH)–C–C–N with tert-alkyl or cyclic N) is 1. The van der Waals surface area contributed by atoms with Gasteiger partial charge in [-0.2, -0.15) is 0 Å². The summed E-state index contributed by atoms with van der Waals surface area (Å²) >= 11 is 0. The first-order chi connectivity index (χ1) is 14.5. The Labute approximate surface area is 177 Å². The fraction of sp³-hybridized carbons (Fsp3) is 0.417. The second-order valence-corrected chi connectivity index (χ2v) is 8.29. The number of aliphatic hydroxyl groups is 1. The quantitative estimate of drug-likeness (QED) is 0.684. The highest BCUT2D eigenvalue weighted by Gasteiger charge is 2.26. The van der Waals surface area contributed by atoms with Gasteiger partial charge in [-0.25, -0.2) is 4.98 Å². The number of aromatic nitrogens is 2. The van der Waals surface area contributed by atoms with E-state index in [0.29, 0.717) is 25.3 Å². The van der Waals surface area contributed by atoms with Gasteiger partial charge in [0.15, 0.2) is 5.69 Å². The first kappa shape index (κ1) is 20.6. The Morgan fingerprint density at radius 3 is 2.80 bits per heavy atom. The van der Waals surface area contributed by atoms with Crippen LogP contribution < -0.4 is 0 Å². The first-order valence-corrected chi connectivity index (χ1v) is 10.7. The number of hydrogen-bond acceptors (Lipinski definition) is 4. The summed E-state index contributed by atoms with van der Waals surface area (Å²) in [5.74, 6) is -0.0541. The number of aryl methyl sites for hydroxylation is 1. The van der Waals surface area contributed by atoms with Gasteiger partial charge in [-0.05, 0) is 49.9 Å². The van der Waals surface area contributed by atoms with Crippen molar-refractivity contribution in [3.8, 4) is 0 Å². The van der Waals surface area contributed by atoms with E-state index >= 15 is 0 Å². The van der Waals surface area contributed by atoms with Gasteiger partial charge in [0.05, 0.1) is 11.8 Å². The highest BCUT2D eigenvalue weighted by Crippen LogP contribution is 2.21. The van der Waals surface area contributed by atoms with Crippen molar-refractivity contribution in [1.29, 1.82) is 0 Å². The molecule has 1 atom stereocenters. The molecule has 1 aromatic carbocycles. The Kier molecular flexibility index (Phi) is 6.16. The minimum absolute atomic E-state index is 0.0541. The number of amides is 1. The van der Waals surface area contributed by atoms with Crippen LogP contribution in [-0.4, -0.2) is 63.0 Å². The smallest absolute Gasteiger partial charge is 0.274 e. The van der Waals surface area contributed by atoms with Crippen LogP contribution in [0.2, 0.25) is 0 Å². The van der Waals surface area contributed by atoms with Gasteiger partial charge in [-0.3, -0.25) is 9.69 Å². The third kappa shape index (κ3) is 4.40. The van der Waals surface area contributed by atoms with Crippen molar-refractivity contribution in [3.63, 3.8) is 0 Å². The summed E-state index contributed by atoms with van der Waals surface area (Å²) in [4.78, 5) is 22.1. The molecule has 1 N–H and O–H groups in total. The summed E-state index contributed by atoms with van der Waals surface area (Å²) in [5.41, 5.74) is 4.50. The van der Waals surface area contributed by atoms with Crippen molar-refractivity contribution in [2.45, 2.75) is 38.8 Å². The zero-order valence-corrected chi connectivity index (χ0v) is 17.8. The first-order valence-electron chi connectivity index (χ1n) is 10.7. The van der Waals surface area contributed by atoms with E-state index in [1.807, 2.05) is 54.9 Å². The van der Waals surface area contributed by atoms with Crippen LogP contribution in [-0.2, 0) is 13.0 Å². The van der Waals surface area contributed by atoms with Crippen LogP contribution in [0.1, 0.15) is 40.2 Å². The van der Waals surface area contributed by atoms with Crippen LogP contribution in [0, 0.1) is 6.92 Å². The normalized spacial score (nSPS) is 17.4. The van der Waals surface area contributed by atoms with E-state index in [1.165, 1.54) is 5.56 Å². The second kappa shape index (κ2) is 8.98. The average molecular weight is 407 g/mol. The largest absolute Gasteiger partial charge is 0.392 e. The maximum Gasteiger partial charge on any atom is 0.274 e. The minimum Gasteiger partial charge on any atom is -0.392 e. The Bertz CT molecular complexity index is 1010. The van der Waals surface area contributed by atoms with Gasteiger partial charge >= 0.3 is 0 Å². The predicted octanol–water partition coefficient (Wildman–Crippen LogP) is 2.91. The molecule has 3 heterocycles. The van der Waals surface area contributed by atoms with Gasteiger partial charge in [-0.15, -0.1) is 0 Å². The Morgan fingerprint density at radius 2 is 2.03 bits per heavy atom. The third-order valence-corrected chi connectivity index (χ3v) is 5.93. The Balaban J connectivity index is 1.60. The number of hydrogen-bond donors (Lipinski definition) is 1. The fourth-order valence-electron chi connectivity index (χ4n) is 4.19. The number of carbonyl (C=O) groups excluding carboxylic acids is 1. The molecule has 1 fully saturated rings. The standard InChI is InChI=1S/C24H30N4O2/c1-18-8-6-14-28-21(17-27-13-7-11-20(29)16-27)22(25-23(18)28)24(30)26(2)15-12-19-9-4-3-5-10-19/h3-6,8-10,14,20,29H,7,11-13,15-17H2,1-2H3. The molecule has 0 bridgehead atoms. The second-order valence-electron chi connectivity index (χ2n) is 8.29. The number of imidazole rings is 1. The molecule has 0 spiro atoms. The molecule has 1 amide bonds. The third-order valence-electron chi connectivity index (χ3n) is 5.93. The predicted molar refractivity (Wildman–Crippen MR) is 118 cm³/mol. The van der Waals surface area contributed by atoms with Crippen LogP contribution in [0.4, 0.5) is 0 Å². The molecule has 0 aliphatic carbocycles. The summed E-state index contributed by atoms with van der Waals surface area (Å²) in [6.07, 6.45) is 4.30. The summed E-state index contributed by atoms with van der Waals surface area (Å²) in [6, 6.07) is 14.2. The molecule has 0 radical (unpaired) electrons. The van der Waals surface area contributed by atoms with Crippen molar-refractivity contribution in [3.05, 3.63) is 71.2 Å². The summed E-state index contributed by atoms with van der Waals surface area (Å²) < 4.78 is 2.04. The fourth-order valence-corrected chi connectivity index (χ4v) is 4.19. The molecule has 0 saturated carbocycles.